The van der Waals surface area contributed by atoms with Crippen molar-refractivity contribution in [1.82, 2.24) is 14.5 Å². The van der Waals surface area contributed by atoms with Gasteiger partial charge >= 0.3 is 5.97 Å². The molecule has 0 aliphatic rings. The molecule has 0 aliphatic carbocycles. The third-order valence-corrected chi connectivity index (χ3v) is 3.31. The minimum absolute atomic E-state index is 0.127. The molecule has 1 N–H and O–H groups in total. The zero-order valence-corrected chi connectivity index (χ0v) is 10.4. The van der Waals surface area contributed by atoms with Gasteiger partial charge in [-0.15, -0.1) is 0 Å². The average molecular weight is 270 g/mol. The summed E-state index contributed by atoms with van der Waals surface area (Å²) in [5.74, 6) is -1.14. The van der Waals surface area contributed by atoms with Crippen molar-refractivity contribution in [2.75, 3.05) is 0 Å². The molecule has 0 unspecified atom stereocenters. The van der Waals surface area contributed by atoms with Crippen LogP contribution in [0.3, 0.4) is 0 Å². The molecular formula is C10H8ClN3O2S. The van der Waals surface area contributed by atoms with Crippen molar-refractivity contribution in [3.05, 3.63) is 35.2 Å². The number of carbonyl (C=O) groups is 1. The van der Waals surface area contributed by atoms with Crippen LogP contribution >= 0.6 is 23.4 Å². The molecule has 0 saturated carbocycles. The molecule has 2 aromatic rings. The molecule has 17 heavy (non-hydrogen) atoms. The van der Waals surface area contributed by atoms with Gasteiger partial charge in [-0.3, -0.25) is 0 Å². The maximum atomic E-state index is 10.9. The number of pyridine rings is 1. The summed E-state index contributed by atoms with van der Waals surface area (Å²) in [6, 6.07) is 3.18. The molecule has 5 nitrogen and oxygen atoms in total. The molecule has 2 aromatic heterocycles. The standard InChI is InChI=1S/C10H8ClN3O2S/c1-14-5-4-12-10(14)17-7-3-2-6(11)8(13-7)9(15)16/h2-5H,1H3,(H,15,16). The highest BCUT2D eigenvalue weighted by atomic mass is 35.5. The summed E-state index contributed by atoms with van der Waals surface area (Å²) >= 11 is 7.01. The molecule has 0 aromatic carbocycles. The molecule has 0 radical (unpaired) electrons. The number of aromatic nitrogens is 3. The first-order chi connectivity index (χ1) is 8.08. The lowest BCUT2D eigenvalue weighted by Gasteiger charge is -2.03. The molecule has 2 heterocycles. The van der Waals surface area contributed by atoms with Gasteiger partial charge < -0.3 is 9.67 Å². The third-order valence-electron chi connectivity index (χ3n) is 2.00. The monoisotopic (exact) mass is 269 g/mol. The highest BCUT2D eigenvalue weighted by Gasteiger charge is 2.13. The number of carboxylic acids is 1. The lowest BCUT2D eigenvalue weighted by atomic mass is 10.3. The number of hydrogen-bond donors (Lipinski definition) is 1. The zero-order valence-electron chi connectivity index (χ0n) is 8.79. The second-order valence-corrected chi connectivity index (χ2v) is 4.60. The van der Waals surface area contributed by atoms with E-state index in [1.54, 1.807) is 18.5 Å². The number of carboxylic acid groups (broad SMARTS) is 1. The maximum absolute atomic E-state index is 10.9. The van der Waals surface area contributed by atoms with Crippen LogP contribution in [0.5, 0.6) is 0 Å². The summed E-state index contributed by atoms with van der Waals surface area (Å²) < 4.78 is 1.82. The smallest absolute Gasteiger partial charge is 0.356 e. The summed E-state index contributed by atoms with van der Waals surface area (Å²) in [5.41, 5.74) is -0.147. The third kappa shape index (κ3) is 2.59. The van der Waals surface area contributed by atoms with Crippen LogP contribution in [0.25, 0.3) is 0 Å². The Labute approximate surface area is 106 Å². The Balaban J connectivity index is 2.32. The predicted octanol–water partition coefficient (Wildman–Crippen LogP) is 2.32. The average Bonchev–Trinajstić information content (AvgIpc) is 2.67. The Kier molecular flexibility index (Phi) is 3.35. The fourth-order valence-corrected chi connectivity index (χ4v) is 2.14. The van der Waals surface area contributed by atoms with E-state index in [-0.39, 0.29) is 10.7 Å². The molecule has 0 spiro atoms. The molecule has 88 valence electrons. The Morgan fingerprint density at radius 2 is 2.29 bits per heavy atom. The van der Waals surface area contributed by atoms with Crippen LogP contribution in [0.1, 0.15) is 10.5 Å². The van der Waals surface area contributed by atoms with Crippen LogP contribution in [0.4, 0.5) is 0 Å². The first-order valence-electron chi connectivity index (χ1n) is 4.63. The number of rotatable bonds is 3. The van der Waals surface area contributed by atoms with Gasteiger partial charge in [-0.1, -0.05) is 11.6 Å². The zero-order chi connectivity index (χ0) is 12.4. The molecule has 0 fully saturated rings. The van der Waals surface area contributed by atoms with Gasteiger partial charge in [0.2, 0.25) is 0 Å². The number of imidazole rings is 1. The van der Waals surface area contributed by atoms with Crippen molar-refractivity contribution in [1.29, 1.82) is 0 Å². The van der Waals surface area contributed by atoms with E-state index in [1.165, 1.54) is 17.8 Å². The van der Waals surface area contributed by atoms with Crippen LogP contribution in [-0.2, 0) is 7.05 Å². The van der Waals surface area contributed by atoms with Crippen LogP contribution in [0.15, 0.2) is 34.7 Å². The van der Waals surface area contributed by atoms with Crippen molar-refractivity contribution in [2.24, 2.45) is 7.05 Å². The topological polar surface area (TPSA) is 68.0 Å². The first kappa shape index (κ1) is 11.9. The van der Waals surface area contributed by atoms with Gasteiger partial charge in [0.1, 0.15) is 5.03 Å². The van der Waals surface area contributed by atoms with Crippen LogP contribution < -0.4 is 0 Å². The Hall–Kier alpha value is -1.53. The number of aryl methyl sites for hydroxylation is 1. The van der Waals surface area contributed by atoms with E-state index in [9.17, 15) is 4.79 Å². The van der Waals surface area contributed by atoms with Gasteiger partial charge in [0, 0.05) is 19.4 Å². The van der Waals surface area contributed by atoms with Gasteiger partial charge in [0.15, 0.2) is 10.9 Å². The van der Waals surface area contributed by atoms with Gasteiger partial charge in [-0.25, -0.2) is 14.8 Å². The van der Waals surface area contributed by atoms with Gasteiger partial charge in [0.05, 0.1) is 5.02 Å². The number of hydrogen-bond acceptors (Lipinski definition) is 4. The van der Waals surface area contributed by atoms with Crippen LogP contribution in [-0.4, -0.2) is 25.6 Å². The first-order valence-corrected chi connectivity index (χ1v) is 5.82. The van der Waals surface area contributed by atoms with E-state index in [0.29, 0.717) is 5.03 Å². The Morgan fingerprint density at radius 3 is 2.88 bits per heavy atom. The molecule has 7 heteroatoms. The highest BCUT2D eigenvalue weighted by Crippen LogP contribution is 2.26. The molecule has 0 saturated heterocycles. The van der Waals surface area contributed by atoms with Crippen LogP contribution in [0, 0.1) is 0 Å². The van der Waals surface area contributed by atoms with Crippen molar-refractivity contribution < 1.29 is 9.90 Å². The SMILES string of the molecule is Cn1ccnc1Sc1ccc(Cl)c(C(=O)O)n1. The number of halogens is 1. The second kappa shape index (κ2) is 4.77. The van der Waals surface area contributed by atoms with E-state index >= 15 is 0 Å². The van der Waals surface area contributed by atoms with Crippen molar-refractivity contribution in [3.63, 3.8) is 0 Å². The highest BCUT2D eigenvalue weighted by molar-refractivity contribution is 7.99. The molecule has 2 rings (SSSR count). The van der Waals surface area contributed by atoms with E-state index in [1.807, 2.05) is 11.6 Å². The minimum atomic E-state index is -1.14. The number of aromatic carboxylic acids is 1. The molecule has 0 atom stereocenters. The fourth-order valence-electron chi connectivity index (χ4n) is 1.17. The molecular weight excluding hydrogens is 262 g/mol. The summed E-state index contributed by atoms with van der Waals surface area (Å²) in [6.07, 6.45) is 3.46. The predicted molar refractivity (Wildman–Crippen MR) is 63.5 cm³/mol. The number of nitrogens with zero attached hydrogens (tertiary/aromatic N) is 3. The largest absolute Gasteiger partial charge is 0.476 e. The van der Waals surface area contributed by atoms with E-state index in [0.717, 1.165) is 5.16 Å². The quantitative estimate of drug-likeness (QED) is 0.926. The molecule has 0 aliphatic heterocycles. The summed E-state index contributed by atoms with van der Waals surface area (Å²) in [6.45, 7) is 0. The normalized spacial score (nSPS) is 10.5. The van der Waals surface area contributed by atoms with Gasteiger partial charge in [-0.2, -0.15) is 0 Å². The molecule has 0 bridgehead atoms. The minimum Gasteiger partial charge on any atom is -0.476 e. The Bertz CT molecular complexity index is 570. The van der Waals surface area contributed by atoms with Crippen LogP contribution in [0.2, 0.25) is 5.02 Å². The summed E-state index contributed by atoms with van der Waals surface area (Å²) in [7, 11) is 1.85. The second-order valence-electron chi connectivity index (χ2n) is 3.21. The van der Waals surface area contributed by atoms with E-state index in [4.69, 9.17) is 16.7 Å². The van der Waals surface area contributed by atoms with Crippen molar-refractivity contribution in [3.8, 4) is 0 Å². The lowest BCUT2D eigenvalue weighted by molar-refractivity contribution is 0.0690. The lowest BCUT2D eigenvalue weighted by Crippen LogP contribution is -2.02. The maximum Gasteiger partial charge on any atom is 0.356 e. The van der Waals surface area contributed by atoms with Gasteiger partial charge in [-0.05, 0) is 23.9 Å². The summed E-state index contributed by atoms with van der Waals surface area (Å²) in [5, 5.41) is 10.3. The summed E-state index contributed by atoms with van der Waals surface area (Å²) in [4.78, 5) is 18.9. The van der Waals surface area contributed by atoms with E-state index in [2.05, 4.69) is 9.97 Å². The Morgan fingerprint density at radius 1 is 1.53 bits per heavy atom. The fraction of sp³-hybridized carbons (Fsp3) is 0.100. The molecule has 0 amide bonds. The van der Waals surface area contributed by atoms with Crippen molar-refractivity contribution in [2.45, 2.75) is 10.2 Å². The van der Waals surface area contributed by atoms with Gasteiger partial charge in [0.25, 0.3) is 0 Å². The van der Waals surface area contributed by atoms with E-state index < -0.39 is 5.97 Å². The van der Waals surface area contributed by atoms with Crippen molar-refractivity contribution >= 4 is 29.3 Å².